The van der Waals surface area contributed by atoms with Crippen LogP contribution in [-0.4, -0.2) is 21.5 Å². The summed E-state index contributed by atoms with van der Waals surface area (Å²) < 4.78 is 11.6. The molecule has 0 aliphatic heterocycles. The first-order valence-electron chi connectivity index (χ1n) is 7.94. The van der Waals surface area contributed by atoms with Crippen LogP contribution in [0, 0.1) is 0 Å². The van der Waals surface area contributed by atoms with E-state index in [-0.39, 0.29) is 0 Å². The van der Waals surface area contributed by atoms with Crippen molar-refractivity contribution < 1.29 is 9.16 Å². The SMILES string of the molecule is C=COCCCCO[Si](C=C)(c1ccccc1)c1ccccc1. The van der Waals surface area contributed by atoms with Gasteiger partial charge in [-0.3, -0.25) is 0 Å². The lowest BCUT2D eigenvalue weighted by molar-refractivity contribution is 0.226. The van der Waals surface area contributed by atoms with E-state index in [4.69, 9.17) is 9.16 Å². The van der Waals surface area contributed by atoms with E-state index in [1.54, 1.807) is 0 Å². The minimum atomic E-state index is -2.39. The second-order valence-electron chi connectivity index (χ2n) is 5.26. The summed E-state index contributed by atoms with van der Waals surface area (Å²) in [5.41, 5.74) is 2.03. The van der Waals surface area contributed by atoms with Crippen LogP contribution in [0.2, 0.25) is 0 Å². The van der Waals surface area contributed by atoms with Gasteiger partial charge in [-0.25, -0.2) is 0 Å². The van der Waals surface area contributed by atoms with Gasteiger partial charge in [-0.05, 0) is 23.2 Å². The van der Waals surface area contributed by atoms with Crippen LogP contribution in [0.15, 0.2) is 85.8 Å². The van der Waals surface area contributed by atoms with E-state index < -0.39 is 8.32 Å². The van der Waals surface area contributed by atoms with Crippen LogP contribution in [0.25, 0.3) is 0 Å². The first kappa shape index (κ1) is 17.3. The normalized spacial score (nSPS) is 11.0. The summed E-state index contributed by atoms with van der Waals surface area (Å²) in [6.07, 6.45) is 3.39. The third-order valence-electron chi connectivity index (χ3n) is 3.80. The molecule has 23 heavy (non-hydrogen) atoms. The highest BCUT2D eigenvalue weighted by Crippen LogP contribution is 2.10. The maximum absolute atomic E-state index is 6.47. The molecule has 2 aromatic rings. The van der Waals surface area contributed by atoms with Crippen molar-refractivity contribution in [1.82, 2.24) is 0 Å². The molecular formula is C20H24O2Si. The van der Waals surface area contributed by atoms with Crippen molar-refractivity contribution in [3.8, 4) is 0 Å². The average molecular weight is 324 g/mol. The summed E-state index contributed by atoms with van der Waals surface area (Å²) in [6.45, 7) is 9.05. The van der Waals surface area contributed by atoms with Gasteiger partial charge in [0, 0.05) is 6.61 Å². The second-order valence-corrected chi connectivity index (χ2v) is 8.59. The molecule has 0 N–H and O–H groups in total. The van der Waals surface area contributed by atoms with Gasteiger partial charge in [0.05, 0.1) is 12.9 Å². The molecule has 120 valence electrons. The Kier molecular flexibility index (Phi) is 6.85. The molecular weight excluding hydrogens is 300 g/mol. The molecule has 0 aliphatic rings. The Morgan fingerprint density at radius 3 is 1.78 bits per heavy atom. The van der Waals surface area contributed by atoms with Gasteiger partial charge >= 0.3 is 0 Å². The number of unbranched alkanes of at least 4 members (excludes halogenated alkanes) is 1. The van der Waals surface area contributed by atoms with Gasteiger partial charge in [0.1, 0.15) is 0 Å². The van der Waals surface area contributed by atoms with Gasteiger partial charge in [0.25, 0.3) is 8.32 Å². The van der Waals surface area contributed by atoms with Crippen LogP contribution < -0.4 is 10.4 Å². The Bertz CT molecular complexity index is 556. The highest BCUT2D eigenvalue weighted by molar-refractivity contribution is 7.01. The second kappa shape index (κ2) is 9.13. The van der Waals surface area contributed by atoms with Crippen molar-refractivity contribution in [2.75, 3.05) is 13.2 Å². The summed E-state index contributed by atoms with van der Waals surface area (Å²) in [6, 6.07) is 20.9. The molecule has 2 rings (SSSR count). The molecule has 0 spiro atoms. The third kappa shape index (κ3) is 4.44. The monoisotopic (exact) mass is 324 g/mol. The van der Waals surface area contributed by atoms with Gasteiger partial charge in [-0.1, -0.05) is 72.9 Å². The van der Waals surface area contributed by atoms with E-state index in [2.05, 4.69) is 61.7 Å². The highest BCUT2D eigenvalue weighted by Gasteiger charge is 2.36. The smallest absolute Gasteiger partial charge is 0.280 e. The zero-order valence-corrected chi connectivity index (χ0v) is 14.5. The first-order valence-corrected chi connectivity index (χ1v) is 9.93. The Morgan fingerprint density at radius 2 is 1.30 bits per heavy atom. The van der Waals surface area contributed by atoms with E-state index in [9.17, 15) is 0 Å². The van der Waals surface area contributed by atoms with Crippen molar-refractivity contribution in [3.63, 3.8) is 0 Å². The maximum atomic E-state index is 6.47. The zero-order valence-electron chi connectivity index (χ0n) is 13.5. The van der Waals surface area contributed by atoms with E-state index in [1.807, 2.05) is 17.8 Å². The zero-order chi connectivity index (χ0) is 16.4. The largest absolute Gasteiger partial charge is 0.502 e. The van der Waals surface area contributed by atoms with Crippen molar-refractivity contribution in [3.05, 3.63) is 85.8 Å². The molecule has 0 amide bonds. The number of hydrogen-bond donors (Lipinski definition) is 0. The molecule has 0 atom stereocenters. The van der Waals surface area contributed by atoms with Crippen molar-refractivity contribution in [1.29, 1.82) is 0 Å². The summed E-state index contributed by atoms with van der Waals surface area (Å²) in [5.74, 6) is 0. The van der Waals surface area contributed by atoms with Crippen LogP contribution in [0.5, 0.6) is 0 Å². The molecule has 0 aromatic heterocycles. The fraction of sp³-hybridized carbons (Fsp3) is 0.200. The molecule has 0 bridgehead atoms. The van der Waals surface area contributed by atoms with E-state index >= 15 is 0 Å². The van der Waals surface area contributed by atoms with Gasteiger partial charge < -0.3 is 9.16 Å². The third-order valence-corrected chi connectivity index (χ3v) is 7.41. The summed E-state index contributed by atoms with van der Waals surface area (Å²) in [4.78, 5) is 0. The predicted octanol–water partition coefficient (Wildman–Crippen LogP) is 3.43. The number of rotatable bonds is 10. The quantitative estimate of drug-likeness (QED) is 0.379. The summed E-state index contributed by atoms with van der Waals surface area (Å²) >= 11 is 0. The van der Waals surface area contributed by atoms with Crippen LogP contribution in [-0.2, 0) is 9.16 Å². The molecule has 2 nitrogen and oxygen atoms in total. The van der Waals surface area contributed by atoms with Gasteiger partial charge in [0.2, 0.25) is 0 Å². The number of benzene rings is 2. The molecule has 0 fully saturated rings. The topological polar surface area (TPSA) is 18.5 Å². The predicted molar refractivity (Wildman–Crippen MR) is 99.4 cm³/mol. The van der Waals surface area contributed by atoms with Crippen LogP contribution in [0.1, 0.15) is 12.8 Å². The van der Waals surface area contributed by atoms with E-state index in [0.717, 1.165) is 12.8 Å². The molecule has 2 aromatic carbocycles. The highest BCUT2D eigenvalue weighted by atomic mass is 28.4. The van der Waals surface area contributed by atoms with Crippen LogP contribution in [0.4, 0.5) is 0 Å². The summed E-state index contributed by atoms with van der Waals surface area (Å²) in [7, 11) is -2.39. The molecule has 0 radical (unpaired) electrons. The molecule has 0 saturated carbocycles. The standard InChI is InChI=1S/C20H24O2Si/c1-3-21-17-11-12-18-22-23(4-2,19-13-7-5-8-14-19)20-15-9-6-10-16-20/h3-10,13-16H,1-2,11-12,17-18H2. The molecule has 0 saturated heterocycles. The van der Waals surface area contributed by atoms with E-state index in [0.29, 0.717) is 13.2 Å². The average Bonchev–Trinajstić information content (AvgIpc) is 2.63. The first-order chi connectivity index (χ1) is 11.3. The van der Waals surface area contributed by atoms with Gasteiger partial charge in [0.15, 0.2) is 0 Å². The molecule has 0 unspecified atom stereocenters. The summed E-state index contributed by atoms with van der Waals surface area (Å²) in [5, 5.41) is 2.45. The lowest BCUT2D eigenvalue weighted by Gasteiger charge is -2.29. The molecule has 0 aliphatic carbocycles. The van der Waals surface area contributed by atoms with Crippen molar-refractivity contribution >= 4 is 18.7 Å². The molecule has 3 heteroatoms. The Labute approximate surface area is 140 Å². The fourth-order valence-corrected chi connectivity index (χ4v) is 5.70. The van der Waals surface area contributed by atoms with Crippen LogP contribution >= 0.6 is 0 Å². The van der Waals surface area contributed by atoms with Crippen molar-refractivity contribution in [2.45, 2.75) is 12.8 Å². The van der Waals surface area contributed by atoms with Gasteiger partial charge in [-0.15, -0.1) is 6.58 Å². The van der Waals surface area contributed by atoms with Gasteiger partial charge in [-0.2, -0.15) is 0 Å². The number of hydrogen-bond acceptors (Lipinski definition) is 2. The Balaban J connectivity index is 2.18. The van der Waals surface area contributed by atoms with Crippen molar-refractivity contribution in [2.24, 2.45) is 0 Å². The minimum absolute atomic E-state index is 0.687. The lowest BCUT2D eigenvalue weighted by Crippen LogP contribution is -2.59. The Hall–Kier alpha value is -2.10. The van der Waals surface area contributed by atoms with Crippen LogP contribution in [0.3, 0.4) is 0 Å². The number of ether oxygens (including phenoxy) is 1. The minimum Gasteiger partial charge on any atom is -0.502 e. The Morgan fingerprint density at radius 1 is 0.783 bits per heavy atom. The molecule has 0 heterocycles. The maximum Gasteiger partial charge on any atom is 0.280 e. The lowest BCUT2D eigenvalue weighted by atomic mass is 10.3. The fourth-order valence-electron chi connectivity index (χ4n) is 2.60. The van der Waals surface area contributed by atoms with E-state index in [1.165, 1.54) is 16.6 Å².